The number of hydrogen-bond donors (Lipinski definition) is 1. The average molecular weight is 251 g/mol. The Balaban J connectivity index is 2.95. The van der Waals surface area contributed by atoms with Crippen LogP contribution < -0.4 is 10.5 Å². The summed E-state index contributed by atoms with van der Waals surface area (Å²) in [5.41, 5.74) is 9.36. The molecule has 3 heteroatoms. The zero-order chi connectivity index (χ0) is 13.0. The van der Waals surface area contributed by atoms with E-state index in [-0.39, 0.29) is 5.92 Å². The van der Waals surface area contributed by atoms with Crippen molar-refractivity contribution in [1.82, 2.24) is 0 Å². The second-order valence-corrected chi connectivity index (χ2v) is 4.96. The summed E-state index contributed by atoms with van der Waals surface area (Å²) in [5, 5.41) is 0. The second-order valence-electron chi connectivity index (χ2n) is 4.48. The molecule has 2 nitrogen and oxygen atoms in total. The molecule has 0 saturated heterocycles. The highest BCUT2D eigenvalue weighted by Gasteiger charge is 2.10. The van der Waals surface area contributed by atoms with Gasteiger partial charge in [-0.05, 0) is 49.9 Å². The van der Waals surface area contributed by atoms with Gasteiger partial charge in [-0.25, -0.2) is 0 Å². The van der Waals surface area contributed by atoms with Crippen LogP contribution in [0.15, 0.2) is 12.1 Å². The molecule has 0 radical (unpaired) electrons. The summed E-state index contributed by atoms with van der Waals surface area (Å²) < 4.78 is 5.57. The van der Waals surface area contributed by atoms with Crippen molar-refractivity contribution in [2.75, 3.05) is 6.61 Å². The van der Waals surface area contributed by atoms with E-state index in [4.69, 9.17) is 22.7 Å². The summed E-state index contributed by atoms with van der Waals surface area (Å²) in [6.45, 7) is 8.93. The first-order valence-electron chi connectivity index (χ1n) is 5.98. The highest BCUT2D eigenvalue weighted by atomic mass is 32.1. The molecule has 94 valence electrons. The lowest BCUT2D eigenvalue weighted by Gasteiger charge is -2.15. The van der Waals surface area contributed by atoms with Crippen LogP contribution in [-0.2, 0) is 6.42 Å². The molecule has 0 saturated carbocycles. The number of thiocarbonyl (C=S) groups is 1. The molecule has 2 N–H and O–H groups in total. The van der Waals surface area contributed by atoms with Gasteiger partial charge in [-0.2, -0.15) is 0 Å². The second kappa shape index (κ2) is 6.01. The highest BCUT2D eigenvalue weighted by Crippen LogP contribution is 2.24. The van der Waals surface area contributed by atoms with Crippen molar-refractivity contribution < 1.29 is 4.74 Å². The Kier molecular flexibility index (Phi) is 4.94. The van der Waals surface area contributed by atoms with Crippen molar-refractivity contribution in [3.8, 4) is 5.75 Å². The third kappa shape index (κ3) is 3.70. The van der Waals surface area contributed by atoms with Gasteiger partial charge in [0.25, 0.3) is 0 Å². The Labute approximate surface area is 109 Å². The molecule has 0 aliphatic carbocycles. The third-order valence-corrected chi connectivity index (χ3v) is 3.35. The normalized spacial score (nSPS) is 12.2. The quantitative estimate of drug-likeness (QED) is 0.816. The zero-order valence-corrected chi connectivity index (χ0v) is 11.9. The van der Waals surface area contributed by atoms with Gasteiger partial charge in [-0.1, -0.05) is 25.2 Å². The number of nitrogens with two attached hydrogens (primary N) is 1. The smallest absolute Gasteiger partial charge is 0.122 e. The number of hydrogen-bond acceptors (Lipinski definition) is 2. The van der Waals surface area contributed by atoms with Crippen LogP contribution in [0.5, 0.6) is 5.75 Å². The first-order chi connectivity index (χ1) is 7.95. The maximum absolute atomic E-state index is 5.66. The number of ether oxygens (including phenoxy) is 1. The minimum atomic E-state index is 0.237. The standard InChI is InChI=1S/C14H21NOS/c1-5-16-13-8-9(2)12(6-10(13)3)7-11(4)14(15)17/h6,8,11H,5,7H2,1-4H3,(H2,15,17). The van der Waals surface area contributed by atoms with Gasteiger partial charge in [0.05, 0.1) is 11.6 Å². The van der Waals surface area contributed by atoms with E-state index in [9.17, 15) is 0 Å². The Morgan fingerprint density at radius 1 is 1.35 bits per heavy atom. The fourth-order valence-corrected chi connectivity index (χ4v) is 1.89. The van der Waals surface area contributed by atoms with Crippen LogP contribution >= 0.6 is 12.2 Å². The SMILES string of the molecule is CCOc1cc(C)c(CC(C)C(N)=S)cc1C. The summed E-state index contributed by atoms with van der Waals surface area (Å²) in [5.74, 6) is 1.21. The van der Waals surface area contributed by atoms with E-state index in [1.807, 2.05) is 6.92 Å². The van der Waals surface area contributed by atoms with Gasteiger partial charge in [0.1, 0.15) is 5.75 Å². The molecule has 0 bridgehead atoms. The van der Waals surface area contributed by atoms with Crippen LogP contribution in [0.25, 0.3) is 0 Å². The Morgan fingerprint density at radius 3 is 2.53 bits per heavy atom. The minimum Gasteiger partial charge on any atom is -0.494 e. The molecule has 1 atom stereocenters. The van der Waals surface area contributed by atoms with Crippen molar-refractivity contribution in [1.29, 1.82) is 0 Å². The van der Waals surface area contributed by atoms with E-state index in [2.05, 4.69) is 32.9 Å². The van der Waals surface area contributed by atoms with E-state index >= 15 is 0 Å². The summed E-state index contributed by atoms with van der Waals surface area (Å²) in [4.78, 5) is 0.580. The van der Waals surface area contributed by atoms with Gasteiger partial charge in [0.2, 0.25) is 0 Å². The van der Waals surface area contributed by atoms with Gasteiger partial charge in [0.15, 0.2) is 0 Å². The molecule has 1 rings (SSSR count). The Hall–Kier alpha value is -1.09. The summed E-state index contributed by atoms with van der Waals surface area (Å²) in [6.07, 6.45) is 0.897. The molecule has 0 spiro atoms. The molecule has 0 aliphatic rings. The van der Waals surface area contributed by atoms with Gasteiger partial charge in [-0.15, -0.1) is 0 Å². The zero-order valence-electron chi connectivity index (χ0n) is 11.0. The summed E-state index contributed by atoms with van der Waals surface area (Å²) in [6, 6.07) is 4.27. The number of rotatable bonds is 5. The molecular formula is C14H21NOS. The van der Waals surface area contributed by atoms with Crippen molar-refractivity contribution >= 4 is 17.2 Å². The molecular weight excluding hydrogens is 230 g/mol. The van der Waals surface area contributed by atoms with Crippen LogP contribution in [0.4, 0.5) is 0 Å². The Morgan fingerprint density at radius 2 is 2.00 bits per heavy atom. The fraction of sp³-hybridized carbons (Fsp3) is 0.500. The van der Waals surface area contributed by atoms with Crippen molar-refractivity contribution in [2.45, 2.75) is 34.1 Å². The molecule has 1 unspecified atom stereocenters. The lowest BCUT2D eigenvalue weighted by atomic mass is 9.95. The first kappa shape index (κ1) is 14.0. The molecule has 0 heterocycles. The third-order valence-electron chi connectivity index (χ3n) is 2.95. The lowest BCUT2D eigenvalue weighted by molar-refractivity contribution is 0.337. The van der Waals surface area contributed by atoms with Crippen LogP contribution in [0.3, 0.4) is 0 Å². The average Bonchev–Trinajstić information content (AvgIpc) is 2.25. The summed E-state index contributed by atoms with van der Waals surface area (Å²) >= 11 is 5.01. The van der Waals surface area contributed by atoms with Crippen LogP contribution in [-0.4, -0.2) is 11.6 Å². The number of aryl methyl sites for hydroxylation is 2. The van der Waals surface area contributed by atoms with Crippen molar-refractivity contribution in [3.63, 3.8) is 0 Å². The molecule has 0 aromatic heterocycles. The van der Waals surface area contributed by atoms with Gasteiger partial charge in [-0.3, -0.25) is 0 Å². The fourth-order valence-electron chi connectivity index (χ4n) is 1.81. The topological polar surface area (TPSA) is 35.2 Å². The van der Waals surface area contributed by atoms with E-state index < -0.39 is 0 Å². The monoisotopic (exact) mass is 251 g/mol. The maximum atomic E-state index is 5.66. The van der Waals surface area contributed by atoms with Crippen LogP contribution in [0.2, 0.25) is 0 Å². The predicted molar refractivity (Wildman–Crippen MR) is 76.7 cm³/mol. The van der Waals surface area contributed by atoms with Gasteiger partial charge < -0.3 is 10.5 Å². The summed E-state index contributed by atoms with van der Waals surface area (Å²) in [7, 11) is 0. The first-order valence-corrected chi connectivity index (χ1v) is 6.38. The van der Waals surface area contributed by atoms with E-state index in [1.54, 1.807) is 0 Å². The van der Waals surface area contributed by atoms with Crippen LogP contribution in [0.1, 0.15) is 30.5 Å². The van der Waals surface area contributed by atoms with E-state index in [0.29, 0.717) is 11.6 Å². The largest absolute Gasteiger partial charge is 0.494 e. The van der Waals surface area contributed by atoms with E-state index in [0.717, 1.165) is 12.2 Å². The lowest BCUT2D eigenvalue weighted by Crippen LogP contribution is -2.20. The maximum Gasteiger partial charge on any atom is 0.122 e. The molecule has 0 amide bonds. The van der Waals surface area contributed by atoms with Crippen molar-refractivity contribution in [3.05, 3.63) is 28.8 Å². The van der Waals surface area contributed by atoms with E-state index in [1.165, 1.54) is 16.7 Å². The molecule has 0 aliphatic heterocycles. The molecule has 1 aromatic rings. The molecule has 0 fully saturated rings. The minimum absolute atomic E-state index is 0.237. The molecule has 1 aromatic carbocycles. The predicted octanol–water partition coefficient (Wildman–Crippen LogP) is 3.17. The van der Waals surface area contributed by atoms with Gasteiger partial charge >= 0.3 is 0 Å². The molecule has 17 heavy (non-hydrogen) atoms. The van der Waals surface area contributed by atoms with Crippen LogP contribution in [0, 0.1) is 19.8 Å². The van der Waals surface area contributed by atoms with Gasteiger partial charge in [0, 0.05) is 5.92 Å². The van der Waals surface area contributed by atoms with Crippen molar-refractivity contribution in [2.24, 2.45) is 11.7 Å². The highest BCUT2D eigenvalue weighted by molar-refractivity contribution is 7.80. The number of benzene rings is 1. The Bertz CT molecular complexity index is 415.